The van der Waals surface area contributed by atoms with E-state index >= 15 is 0 Å². The van der Waals surface area contributed by atoms with Gasteiger partial charge >= 0.3 is 0 Å². The summed E-state index contributed by atoms with van der Waals surface area (Å²) in [4.78, 5) is 24.5. The van der Waals surface area contributed by atoms with E-state index in [0.717, 1.165) is 5.56 Å². The van der Waals surface area contributed by atoms with Crippen molar-refractivity contribution < 1.29 is 14.3 Å². The summed E-state index contributed by atoms with van der Waals surface area (Å²) in [5, 5.41) is 6.42. The summed E-state index contributed by atoms with van der Waals surface area (Å²) in [7, 11) is 0. The fourth-order valence-electron chi connectivity index (χ4n) is 2.68. The lowest BCUT2D eigenvalue weighted by molar-refractivity contribution is -0.122. The van der Waals surface area contributed by atoms with Crippen LogP contribution in [-0.4, -0.2) is 17.9 Å². The topological polar surface area (TPSA) is 67.4 Å². The predicted molar refractivity (Wildman–Crippen MR) is 120 cm³/mol. The average molecular weight is 443 g/mol. The third kappa shape index (κ3) is 6.24. The molecule has 30 heavy (non-hydrogen) atoms. The van der Waals surface area contributed by atoms with Gasteiger partial charge in [0.25, 0.3) is 5.91 Å². The Labute approximate surface area is 185 Å². The lowest BCUT2D eigenvalue weighted by atomic mass is 10.1. The predicted octanol–water partition coefficient (Wildman–Crippen LogP) is 5.58. The van der Waals surface area contributed by atoms with E-state index in [1.807, 2.05) is 30.3 Å². The lowest BCUT2D eigenvalue weighted by Gasteiger charge is -2.16. The van der Waals surface area contributed by atoms with E-state index in [4.69, 9.17) is 27.9 Å². The number of hydrogen-bond donors (Lipinski definition) is 2. The summed E-state index contributed by atoms with van der Waals surface area (Å²) in [5.41, 5.74) is 2.17. The zero-order valence-corrected chi connectivity index (χ0v) is 17.7. The first kappa shape index (κ1) is 21.7. The summed E-state index contributed by atoms with van der Waals surface area (Å²) in [6.07, 6.45) is -0.476. The van der Waals surface area contributed by atoms with E-state index in [-0.39, 0.29) is 11.8 Å². The maximum atomic E-state index is 12.4. The molecule has 7 heteroatoms. The van der Waals surface area contributed by atoms with Crippen LogP contribution in [0.15, 0.2) is 72.8 Å². The van der Waals surface area contributed by atoms with Crippen LogP contribution in [0.2, 0.25) is 10.0 Å². The van der Waals surface area contributed by atoms with Crippen LogP contribution in [0.5, 0.6) is 5.75 Å². The molecule has 3 aromatic carbocycles. The average Bonchev–Trinajstić information content (AvgIpc) is 2.72. The van der Waals surface area contributed by atoms with Crippen molar-refractivity contribution in [2.45, 2.75) is 19.4 Å². The molecule has 2 amide bonds. The molecule has 1 atom stereocenters. The first-order chi connectivity index (χ1) is 14.4. The Balaban J connectivity index is 1.53. The number of hydrogen-bond acceptors (Lipinski definition) is 3. The Morgan fingerprint density at radius 2 is 1.53 bits per heavy atom. The molecule has 0 aliphatic heterocycles. The van der Waals surface area contributed by atoms with Gasteiger partial charge in [-0.1, -0.05) is 53.5 Å². The SMILES string of the molecule is CC(Oc1ccc(Cl)cc1Cl)C(=O)Nc1ccc(NC(=O)Cc2ccccc2)cc1. The zero-order valence-electron chi connectivity index (χ0n) is 16.2. The van der Waals surface area contributed by atoms with Crippen molar-refractivity contribution in [2.75, 3.05) is 10.6 Å². The second-order valence-electron chi connectivity index (χ2n) is 6.61. The molecule has 0 heterocycles. The van der Waals surface area contributed by atoms with Crippen LogP contribution >= 0.6 is 23.2 Å². The molecule has 3 rings (SSSR count). The minimum absolute atomic E-state index is 0.111. The summed E-state index contributed by atoms with van der Waals surface area (Å²) >= 11 is 11.9. The van der Waals surface area contributed by atoms with Crippen LogP contribution in [0.3, 0.4) is 0 Å². The van der Waals surface area contributed by atoms with Gasteiger partial charge in [0.2, 0.25) is 5.91 Å². The fourth-order valence-corrected chi connectivity index (χ4v) is 3.14. The molecule has 1 unspecified atom stereocenters. The number of benzene rings is 3. The van der Waals surface area contributed by atoms with Gasteiger partial charge < -0.3 is 15.4 Å². The van der Waals surface area contributed by atoms with E-state index in [1.165, 1.54) is 0 Å². The quantitative estimate of drug-likeness (QED) is 0.501. The Morgan fingerprint density at radius 3 is 2.17 bits per heavy atom. The smallest absolute Gasteiger partial charge is 0.265 e. The number of amides is 2. The van der Waals surface area contributed by atoms with Gasteiger partial charge in [0.15, 0.2) is 6.10 Å². The summed E-state index contributed by atoms with van der Waals surface area (Å²) in [5.74, 6) is -0.0677. The van der Waals surface area contributed by atoms with E-state index < -0.39 is 6.10 Å². The molecule has 0 aromatic heterocycles. The van der Waals surface area contributed by atoms with Gasteiger partial charge in [-0.3, -0.25) is 9.59 Å². The number of rotatable bonds is 7. The minimum atomic E-state index is -0.770. The van der Waals surface area contributed by atoms with Crippen molar-refractivity contribution in [3.05, 3.63) is 88.4 Å². The summed E-state index contributed by atoms with van der Waals surface area (Å²) in [6.45, 7) is 1.62. The van der Waals surface area contributed by atoms with Gasteiger partial charge in [0.1, 0.15) is 5.75 Å². The number of ether oxygens (including phenoxy) is 1. The van der Waals surface area contributed by atoms with E-state index in [2.05, 4.69) is 10.6 Å². The van der Waals surface area contributed by atoms with Crippen molar-refractivity contribution in [3.63, 3.8) is 0 Å². The fraction of sp³-hybridized carbons (Fsp3) is 0.130. The highest BCUT2D eigenvalue weighted by Gasteiger charge is 2.16. The molecule has 3 aromatic rings. The molecule has 154 valence electrons. The third-order valence-corrected chi connectivity index (χ3v) is 4.74. The van der Waals surface area contributed by atoms with Crippen LogP contribution < -0.4 is 15.4 Å². The van der Waals surface area contributed by atoms with E-state index in [1.54, 1.807) is 49.4 Å². The zero-order chi connectivity index (χ0) is 21.5. The molecular weight excluding hydrogens is 423 g/mol. The first-order valence-corrected chi connectivity index (χ1v) is 10.0. The maximum Gasteiger partial charge on any atom is 0.265 e. The third-order valence-electron chi connectivity index (χ3n) is 4.21. The van der Waals surface area contributed by atoms with Crippen molar-refractivity contribution in [2.24, 2.45) is 0 Å². The van der Waals surface area contributed by atoms with Gasteiger partial charge in [-0.05, 0) is 55.0 Å². The molecule has 0 saturated carbocycles. The Morgan fingerprint density at radius 1 is 0.900 bits per heavy atom. The highest BCUT2D eigenvalue weighted by atomic mass is 35.5. The monoisotopic (exact) mass is 442 g/mol. The lowest BCUT2D eigenvalue weighted by Crippen LogP contribution is -2.30. The van der Waals surface area contributed by atoms with E-state index in [9.17, 15) is 9.59 Å². The molecule has 2 N–H and O–H groups in total. The normalized spacial score (nSPS) is 11.4. The second-order valence-corrected chi connectivity index (χ2v) is 7.46. The number of anilines is 2. The Hall–Kier alpha value is -3.02. The standard InChI is InChI=1S/C23H20Cl2N2O3/c1-15(30-21-12-7-17(24)14-20(21)25)23(29)27-19-10-8-18(9-11-19)26-22(28)13-16-5-3-2-4-6-16/h2-12,14-15H,13H2,1H3,(H,26,28)(H,27,29). The number of halogens is 2. The van der Waals surface area contributed by atoms with Crippen molar-refractivity contribution in [1.82, 2.24) is 0 Å². The summed E-state index contributed by atoms with van der Waals surface area (Å²) < 4.78 is 5.61. The van der Waals surface area contributed by atoms with Gasteiger partial charge in [0, 0.05) is 16.4 Å². The van der Waals surface area contributed by atoms with Crippen LogP contribution in [0.1, 0.15) is 12.5 Å². The second kappa shape index (κ2) is 10.1. The molecule has 5 nitrogen and oxygen atoms in total. The van der Waals surface area contributed by atoms with Gasteiger partial charge in [-0.25, -0.2) is 0 Å². The van der Waals surface area contributed by atoms with Crippen molar-refractivity contribution in [3.8, 4) is 5.75 Å². The summed E-state index contributed by atoms with van der Waals surface area (Å²) in [6, 6.07) is 21.2. The maximum absolute atomic E-state index is 12.4. The molecule has 0 aliphatic rings. The first-order valence-electron chi connectivity index (χ1n) is 9.27. The van der Waals surface area contributed by atoms with Crippen molar-refractivity contribution >= 4 is 46.4 Å². The molecule has 0 saturated heterocycles. The van der Waals surface area contributed by atoms with Gasteiger partial charge in [-0.2, -0.15) is 0 Å². The molecular formula is C23H20Cl2N2O3. The van der Waals surface area contributed by atoms with Crippen LogP contribution in [0.25, 0.3) is 0 Å². The largest absolute Gasteiger partial charge is 0.479 e. The highest BCUT2D eigenvalue weighted by Crippen LogP contribution is 2.28. The van der Waals surface area contributed by atoms with Crippen LogP contribution in [-0.2, 0) is 16.0 Å². The molecule has 0 radical (unpaired) electrons. The van der Waals surface area contributed by atoms with Gasteiger partial charge in [0.05, 0.1) is 11.4 Å². The van der Waals surface area contributed by atoms with Gasteiger partial charge in [-0.15, -0.1) is 0 Å². The van der Waals surface area contributed by atoms with E-state index in [0.29, 0.717) is 33.6 Å². The Kier molecular flexibility index (Phi) is 7.33. The molecule has 0 bridgehead atoms. The van der Waals surface area contributed by atoms with Crippen molar-refractivity contribution in [1.29, 1.82) is 0 Å². The Bertz CT molecular complexity index is 1020. The molecule has 0 spiro atoms. The molecule has 0 fully saturated rings. The minimum Gasteiger partial charge on any atom is -0.479 e. The van der Waals surface area contributed by atoms with Crippen LogP contribution in [0.4, 0.5) is 11.4 Å². The highest BCUT2D eigenvalue weighted by molar-refractivity contribution is 6.35. The molecule has 0 aliphatic carbocycles. The number of nitrogens with one attached hydrogen (secondary N) is 2. The van der Waals surface area contributed by atoms with Crippen LogP contribution in [0, 0.1) is 0 Å². The number of carbonyl (C=O) groups is 2. The number of carbonyl (C=O) groups excluding carboxylic acids is 2.